The Hall–Kier alpha value is -0.870. The van der Waals surface area contributed by atoms with E-state index < -0.39 is 6.10 Å². The first-order valence-corrected chi connectivity index (χ1v) is 21.8. The number of allylic oxidation sites excluding steroid dienone is 2. The van der Waals surface area contributed by atoms with E-state index in [0.717, 1.165) is 19.3 Å². The highest BCUT2D eigenvalue weighted by Crippen LogP contribution is 2.16. The van der Waals surface area contributed by atoms with Crippen molar-refractivity contribution in [1.82, 2.24) is 0 Å². The molecule has 4 nitrogen and oxygen atoms in total. The first kappa shape index (κ1) is 47.1. The molecule has 0 spiro atoms. The summed E-state index contributed by atoms with van der Waals surface area (Å²) in [4.78, 5) is 12.1. The Morgan fingerprint density at radius 2 is 0.812 bits per heavy atom. The second-order valence-electron chi connectivity index (χ2n) is 14.8. The van der Waals surface area contributed by atoms with Gasteiger partial charge in [0.15, 0.2) is 0 Å². The van der Waals surface area contributed by atoms with E-state index in [-0.39, 0.29) is 12.6 Å². The van der Waals surface area contributed by atoms with Crippen molar-refractivity contribution in [3.63, 3.8) is 0 Å². The zero-order chi connectivity index (χ0) is 34.9. The number of aliphatic hydroxyl groups excluding tert-OH is 1. The molecule has 0 saturated carbocycles. The van der Waals surface area contributed by atoms with Crippen LogP contribution >= 0.6 is 0 Å². The molecule has 1 unspecified atom stereocenters. The number of hydrogen-bond donors (Lipinski definition) is 1. The number of esters is 1. The predicted molar refractivity (Wildman–Crippen MR) is 210 cm³/mol. The fraction of sp³-hybridized carbons (Fsp3) is 0.932. The van der Waals surface area contributed by atoms with Gasteiger partial charge in [0, 0.05) is 13.0 Å². The predicted octanol–water partition coefficient (Wildman–Crippen LogP) is 14.2. The minimum absolute atomic E-state index is 0.170. The Kier molecular flexibility index (Phi) is 41.5. The number of rotatable bonds is 41. The largest absolute Gasteiger partial charge is 0.457 e. The first-order chi connectivity index (χ1) is 23.7. The van der Waals surface area contributed by atoms with Gasteiger partial charge in [0.25, 0.3) is 0 Å². The fourth-order valence-corrected chi connectivity index (χ4v) is 6.56. The number of carbonyl (C=O) groups is 1. The summed E-state index contributed by atoms with van der Waals surface area (Å²) in [6.45, 7) is 5.35. The molecule has 286 valence electrons. The topological polar surface area (TPSA) is 55.8 Å². The highest BCUT2D eigenvalue weighted by Gasteiger charge is 2.13. The smallest absolute Gasteiger partial charge is 0.306 e. The van der Waals surface area contributed by atoms with Gasteiger partial charge in [-0.2, -0.15) is 0 Å². The van der Waals surface area contributed by atoms with Crippen LogP contribution in [0.5, 0.6) is 0 Å². The van der Waals surface area contributed by atoms with Crippen molar-refractivity contribution < 1.29 is 19.4 Å². The molecule has 0 rings (SSSR count). The van der Waals surface area contributed by atoms with Crippen molar-refractivity contribution in [3.05, 3.63) is 12.2 Å². The van der Waals surface area contributed by atoms with Gasteiger partial charge in [-0.1, -0.05) is 206 Å². The highest BCUT2D eigenvalue weighted by atomic mass is 16.6. The zero-order valence-electron chi connectivity index (χ0n) is 32.8. The average molecular weight is 679 g/mol. The van der Waals surface area contributed by atoms with Crippen molar-refractivity contribution in [2.75, 3.05) is 19.8 Å². The van der Waals surface area contributed by atoms with Crippen LogP contribution in [0.1, 0.15) is 239 Å². The summed E-state index contributed by atoms with van der Waals surface area (Å²) >= 11 is 0. The fourth-order valence-electron chi connectivity index (χ4n) is 6.56. The number of unbranched alkanes of at least 4 members (excludes halogenated alkanes) is 31. The van der Waals surface area contributed by atoms with Crippen molar-refractivity contribution in [2.45, 2.75) is 245 Å². The lowest BCUT2D eigenvalue weighted by atomic mass is 10.0. The average Bonchev–Trinajstić information content (AvgIpc) is 3.09. The summed E-state index contributed by atoms with van der Waals surface area (Å²) in [5.41, 5.74) is 0. The van der Waals surface area contributed by atoms with Gasteiger partial charge in [0.1, 0.15) is 6.10 Å². The lowest BCUT2D eigenvalue weighted by molar-refractivity contribution is -0.154. The molecule has 1 N–H and O–H groups in total. The van der Waals surface area contributed by atoms with Gasteiger partial charge < -0.3 is 14.6 Å². The number of hydrogen-bond acceptors (Lipinski definition) is 4. The Balaban J connectivity index is 3.33. The van der Waals surface area contributed by atoms with E-state index in [4.69, 9.17) is 9.47 Å². The molecule has 1 atom stereocenters. The van der Waals surface area contributed by atoms with E-state index in [9.17, 15) is 9.90 Å². The van der Waals surface area contributed by atoms with Gasteiger partial charge in [0.2, 0.25) is 0 Å². The van der Waals surface area contributed by atoms with Gasteiger partial charge in [-0.3, -0.25) is 4.79 Å². The molecule has 0 aromatic heterocycles. The zero-order valence-corrected chi connectivity index (χ0v) is 32.8. The van der Waals surface area contributed by atoms with Crippen molar-refractivity contribution in [2.24, 2.45) is 0 Å². The Morgan fingerprint density at radius 1 is 0.479 bits per heavy atom. The minimum Gasteiger partial charge on any atom is -0.457 e. The molecule has 0 saturated heterocycles. The van der Waals surface area contributed by atoms with Gasteiger partial charge in [-0.05, 0) is 38.5 Å². The third-order valence-electron chi connectivity index (χ3n) is 9.84. The van der Waals surface area contributed by atoms with E-state index in [2.05, 4.69) is 26.0 Å². The Labute approximate surface area is 301 Å². The quantitative estimate of drug-likeness (QED) is 0.0397. The molecule has 0 aromatic rings. The van der Waals surface area contributed by atoms with Crippen molar-refractivity contribution in [3.8, 4) is 0 Å². The normalized spacial score (nSPS) is 12.3. The molecule has 0 fully saturated rings. The Bertz CT molecular complexity index is 633. The second-order valence-corrected chi connectivity index (χ2v) is 14.8. The number of carbonyl (C=O) groups excluding carboxylic acids is 1. The monoisotopic (exact) mass is 679 g/mol. The van der Waals surface area contributed by atoms with Crippen LogP contribution in [0.4, 0.5) is 0 Å². The second kappa shape index (κ2) is 42.3. The van der Waals surface area contributed by atoms with E-state index in [1.807, 2.05) is 0 Å². The maximum Gasteiger partial charge on any atom is 0.306 e. The highest BCUT2D eigenvalue weighted by molar-refractivity contribution is 5.69. The van der Waals surface area contributed by atoms with Gasteiger partial charge in [-0.15, -0.1) is 0 Å². The lowest BCUT2D eigenvalue weighted by Crippen LogP contribution is -2.27. The van der Waals surface area contributed by atoms with Crippen LogP contribution < -0.4 is 0 Å². The van der Waals surface area contributed by atoms with Crippen LogP contribution in [0.25, 0.3) is 0 Å². The molecule has 0 aliphatic heterocycles. The molecule has 4 heteroatoms. The lowest BCUT2D eigenvalue weighted by Gasteiger charge is -2.15. The molecule has 0 heterocycles. The molecule has 0 bridgehead atoms. The van der Waals surface area contributed by atoms with E-state index >= 15 is 0 Å². The molecule has 0 radical (unpaired) electrons. The van der Waals surface area contributed by atoms with E-state index in [1.165, 1.54) is 199 Å². The molecular formula is C44H86O4. The SMILES string of the molecule is CCCCC/C=C\CCCCCCCC(=O)OC(CO)COCCCCCCCCCCCCCCCCCCCCCCCCCC. The molecule has 0 aromatic carbocycles. The van der Waals surface area contributed by atoms with Crippen LogP contribution in [0, 0.1) is 0 Å². The van der Waals surface area contributed by atoms with Gasteiger partial charge in [-0.25, -0.2) is 0 Å². The van der Waals surface area contributed by atoms with E-state index in [1.54, 1.807) is 0 Å². The van der Waals surface area contributed by atoms with E-state index in [0.29, 0.717) is 19.6 Å². The van der Waals surface area contributed by atoms with Crippen LogP contribution in [0.15, 0.2) is 12.2 Å². The molecule has 0 aliphatic carbocycles. The number of ether oxygens (including phenoxy) is 2. The third-order valence-corrected chi connectivity index (χ3v) is 9.84. The summed E-state index contributed by atoms with van der Waals surface area (Å²) < 4.78 is 11.1. The maximum absolute atomic E-state index is 12.1. The van der Waals surface area contributed by atoms with Gasteiger partial charge in [0.05, 0.1) is 13.2 Å². The maximum atomic E-state index is 12.1. The van der Waals surface area contributed by atoms with Crippen LogP contribution in [0.2, 0.25) is 0 Å². The molecular weight excluding hydrogens is 592 g/mol. The summed E-state index contributed by atoms with van der Waals surface area (Å²) in [6, 6.07) is 0. The standard InChI is InChI=1S/C44H86O4/c1-3-5-7-9-11-13-15-17-18-19-20-21-22-23-24-25-26-27-28-30-32-34-36-38-40-47-42-43(41-45)48-44(46)39-37-35-33-31-29-16-14-12-10-8-6-4-2/h12,14,43,45H,3-11,13,15-42H2,1-2H3/b14-12-. The van der Waals surface area contributed by atoms with Crippen LogP contribution in [-0.2, 0) is 14.3 Å². The van der Waals surface area contributed by atoms with Crippen LogP contribution in [0.3, 0.4) is 0 Å². The Morgan fingerprint density at radius 3 is 1.23 bits per heavy atom. The van der Waals surface area contributed by atoms with Crippen molar-refractivity contribution in [1.29, 1.82) is 0 Å². The van der Waals surface area contributed by atoms with Gasteiger partial charge >= 0.3 is 5.97 Å². The minimum atomic E-state index is -0.531. The van der Waals surface area contributed by atoms with Crippen LogP contribution in [-0.4, -0.2) is 37.0 Å². The molecule has 0 aliphatic rings. The summed E-state index contributed by atoms with van der Waals surface area (Å²) in [6.07, 6.45) is 50.0. The number of aliphatic hydroxyl groups is 1. The molecule has 48 heavy (non-hydrogen) atoms. The molecule has 0 amide bonds. The third kappa shape index (κ3) is 39.6. The summed E-state index contributed by atoms with van der Waals surface area (Å²) in [7, 11) is 0. The summed E-state index contributed by atoms with van der Waals surface area (Å²) in [5, 5.41) is 9.58. The first-order valence-electron chi connectivity index (χ1n) is 21.8. The van der Waals surface area contributed by atoms with Crippen molar-refractivity contribution >= 4 is 5.97 Å². The summed E-state index contributed by atoms with van der Waals surface area (Å²) in [5.74, 6) is -0.206.